The Morgan fingerprint density at radius 3 is 2.49 bits per heavy atom. The highest BCUT2D eigenvalue weighted by atomic mass is 32.1. The number of anilines is 1. The molecule has 208 valence electrons. The number of hydrogen-bond donors (Lipinski definition) is 1. The van der Waals surface area contributed by atoms with Crippen molar-refractivity contribution in [2.75, 3.05) is 11.9 Å². The van der Waals surface area contributed by atoms with E-state index in [4.69, 9.17) is 14.5 Å². The lowest BCUT2D eigenvalue weighted by atomic mass is 9.99. The summed E-state index contributed by atoms with van der Waals surface area (Å²) in [4.78, 5) is 32.1. The van der Waals surface area contributed by atoms with Crippen molar-refractivity contribution in [1.29, 1.82) is 0 Å². The molecule has 41 heavy (non-hydrogen) atoms. The summed E-state index contributed by atoms with van der Waals surface area (Å²) in [5.74, 6) is -0.0765. The Kier molecular flexibility index (Phi) is 8.17. The summed E-state index contributed by atoms with van der Waals surface area (Å²) in [6, 6.07) is 23.0. The first-order valence-corrected chi connectivity index (χ1v) is 14.5. The molecule has 1 N–H and O–H groups in total. The molecule has 5 aromatic rings. The van der Waals surface area contributed by atoms with Crippen molar-refractivity contribution in [3.8, 4) is 28.1 Å². The molecule has 0 aliphatic carbocycles. The van der Waals surface area contributed by atoms with E-state index in [0.29, 0.717) is 39.3 Å². The van der Waals surface area contributed by atoms with Crippen LogP contribution in [0.5, 0.6) is 5.75 Å². The van der Waals surface area contributed by atoms with Gasteiger partial charge in [-0.3, -0.25) is 4.79 Å². The number of pyridine rings is 1. The molecule has 0 fully saturated rings. The second-order valence-corrected chi connectivity index (χ2v) is 11.0. The molecule has 7 heteroatoms. The first-order valence-electron chi connectivity index (χ1n) is 13.6. The fraction of sp³-hybridized carbons (Fsp3) is 0.206. The molecule has 0 radical (unpaired) electrons. The lowest BCUT2D eigenvalue weighted by Gasteiger charge is -2.14. The molecule has 3 aromatic carbocycles. The number of ether oxygens (including phenoxy) is 2. The lowest BCUT2D eigenvalue weighted by molar-refractivity contribution is 0.0380. The van der Waals surface area contributed by atoms with Gasteiger partial charge in [-0.25, -0.2) is 9.78 Å². The highest BCUT2D eigenvalue weighted by molar-refractivity contribution is 7.15. The maximum absolute atomic E-state index is 13.9. The Labute approximate surface area is 244 Å². The van der Waals surface area contributed by atoms with Crippen molar-refractivity contribution >= 4 is 39.1 Å². The van der Waals surface area contributed by atoms with Crippen LogP contribution in [0.25, 0.3) is 33.3 Å². The number of rotatable bonds is 8. The predicted octanol–water partition coefficient (Wildman–Crippen LogP) is 8.46. The molecule has 6 nitrogen and oxygen atoms in total. The Bertz CT molecular complexity index is 1760. The van der Waals surface area contributed by atoms with E-state index < -0.39 is 5.97 Å². The van der Waals surface area contributed by atoms with Crippen LogP contribution in [0.2, 0.25) is 0 Å². The predicted molar refractivity (Wildman–Crippen MR) is 166 cm³/mol. The number of fused-ring (bicyclic) bond motifs is 1. The third-order valence-electron chi connectivity index (χ3n) is 6.78. The van der Waals surface area contributed by atoms with Crippen molar-refractivity contribution in [1.82, 2.24) is 4.98 Å². The summed E-state index contributed by atoms with van der Waals surface area (Å²) in [5.41, 5.74) is 6.89. The topological polar surface area (TPSA) is 77.5 Å². The Morgan fingerprint density at radius 1 is 0.927 bits per heavy atom. The number of benzene rings is 3. The normalized spacial score (nSPS) is 11.1. The molecule has 0 aliphatic rings. The number of thiophene rings is 1. The van der Waals surface area contributed by atoms with E-state index in [9.17, 15) is 9.59 Å². The summed E-state index contributed by atoms with van der Waals surface area (Å²) in [7, 11) is 0. The van der Waals surface area contributed by atoms with Crippen LogP contribution in [0, 0.1) is 13.8 Å². The molecular weight excluding hydrogens is 532 g/mol. The van der Waals surface area contributed by atoms with Crippen LogP contribution in [0.3, 0.4) is 0 Å². The summed E-state index contributed by atoms with van der Waals surface area (Å²) in [6.07, 6.45) is -0.308. The summed E-state index contributed by atoms with van der Waals surface area (Å²) >= 11 is 1.31. The first kappa shape index (κ1) is 28.1. The molecule has 1 amide bonds. The lowest BCUT2D eigenvalue weighted by Crippen LogP contribution is -2.17. The zero-order valence-corrected chi connectivity index (χ0v) is 24.6. The summed E-state index contributed by atoms with van der Waals surface area (Å²) in [5, 5.41) is 6.08. The third kappa shape index (κ3) is 6.00. The quantitative estimate of drug-likeness (QED) is 0.191. The molecule has 2 heterocycles. The minimum atomic E-state index is -0.474. The number of aryl methyl sites for hydroxylation is 2. The Morgan fingerprint density at radius 2 is 1.73 bits per heavy atom. The van der Waals surface area contributed by atoms with Crippen LogP contribution in [-0.4, -0.2) is 29.6 Å². The fourth-order valence-corrected chi connectivity index (χ4v) is 5.59. The monoisotopic (exact) mass is 564 g/mol. The van der Waals surface area contributed by atoms with Crippen LogP contribution in [0.1, 0.15) is 52.6 Å². The second kappa shape index (κ2) is 11.9. The minimum absolute atomic E-state index is 0.308. The van der Waals surface area contributed by atoms with Gasteiger partial charge in [-0.15, -0.1) is 11.3 Å². The number of nitrogens with zero attached hydrogens (tertiary/aromatic N) is 1. The summed E-state index contributed by atoms with van der Waals surface area (Å²) < 4.78 is 11.3. The van der Waals surface area contributed by atoms with Crippen LogP contribution >= 0.6 is 11.3 Å². The van der Waals surface area contributed by atoms with Gasteiger partial charge in [-0.05, 0) is 75.6 Å². The largest absolute Gasteiger partial charge is 0.494 e. The van der Waals surface area contributed by atoms with E-state index in [-0.39, 0.29) is 12.0 Å². The van der Waals surface area contributed by atoms with E-state index in [1.54, 1.807) is 6.07 Å². The molecular formula is C34H32N2O4S. The molecule has 5 rings (SSSR count). The van der Waals surface area contributed by atoms with Crippen molar-refractivity contribution in [3.05, 3.63) is 100 Å². The van der Waals surface area contributed by atoms with Gasteiger partial charge >= 0.3 is 5.97 Å². The van der Waals surface area contributed by atoms with Crippen molar-refractivity contribution < 1.29 is 19.1 Å². The molecule has 0 spiro atoms. The highest BCUT2D eigenvalue weighted by Gasteiger charge is 2.25. The standard InChI is InChI=1S/C34H32N2O4S/c1-6-39-25-11-9-10-24(17-25)30-18-27(26-12-7-8-13-29(26)35-30)32(37)36-33-31(34(38)40-20(2)3)28(19-41-33)23-15-14-21(4)22(5)16-23/h7-20H,6H2,1-5H3,(H,36,37). The van der Waals surface area contributed by atoms with Gasteiger partial charge in [0.1, 0.15) is 16.3 Å². The van der Waals surface area contributed by atoms with Gasteiger partial charge < -0.3 is 14.8 Å². The van der Waals surface area contributed by atoms with Crippen LogP contribution in [0.15, 0.2) is 78.2 Å². The molecule has 0 bridgehead atoms. The number of carbonyl (C=O) groups is 2. The zero-order valence-electron chi connectivity index (χ0n) is 23.8. The first-order chi connectivity index (χ1) is 19.7. The minimum Gasteiger partial charge on any atom is -0.494 e. The van der Waals surface area contributed by atoms with Crippen molar-refractivity contribution in [2.45, 2.75) is 40.7 Å². The average Bonchev–Trinajstić information content (AvgIpc) is 3.37. The van der Waals surface area contributed by atoms with E-state index in [1.807, 2.05) is 107 Å². The van der Waals surface area contributed by atoms with Crippen molar-refractivity contribution in [3.63, 3.8) is 0 Å². The highest BCUT2D eigenvalue weighted by Crippen LogP contribution is 2.38. The van der Waals surface area contributed by atoms with Gasteiger partial charge in [0.15, 0.2) is 0 Å². The maximum atomic E-state index is 13.9. The van der Waals surface area contributed by atoms with Crippen LogP contribution in [0.4, 0.5) is 5.00 Å². The maximum Gasteiger partial charge on any atom is 0.342 e. The molecule has 0 unspecified atom stereocenters. The van der Waals surface area contributed by atoms with Gasteiger partial charge in [0.05, 0.1) is 29.5 Å². The van der Waals surface area contributed by atoms with Crippen molar-refractivity contribution in [2.24, 2.45) is 0 Å². The van der Waals surface area contributed by atoms with Crippen LogP contribution in [-0.2, 0) is 4.74 Å². The Balaban J connectivity index is 1.58. The van der Waals surface area contributed by atoms with Crippen LogP contribution < -0.4 is 10.1 Å². The van der Waals surface area contributed by atoms with E-state index >= 15 is 0 Å². The summed E-state index contributed by atoms with van der Waals surface area (Å²) in [6.45, 7) is 10.2. The van der Waals surface area contributed by atoms with Gasteiger partial charge in [0.2, 0.25) is 0 Å². The SMILES string of the molecule is CCOc1cccc(-c2cc(C(=O)Nc3scc(-c4ccc(C)c(C)c4)c3C(=O)OC(C)C)c3ccccc3n2)c1. The number of aromatic nitrogens is 1. The van der Waals surface area contributed by atoms with E-state index in [1.165, 1.54) is 11.3 Å². The molecule has 2 aromatic heterocycles. The van der Waals surface area contributed by atoms with E-state index in [2.05, 4.69) is 5.32 Å². The molecule has 0 saturated carbocycles. The number of nitrogens with one attached hydrogen (secondary N) is 1. The molecule has 0 atom stereocenters. The van der Waals surface area contributed by atoms with Gasteiger partial charge in [0, 0.05) is 21.9 Å². The molecule has 0 saturated heterocycles. The number of hydrogen-bond acceptors (Lipinski definition) is 6. The zero-order chi connectivity index (χ0) is 29.1. The smallest absolute Gasteiger partial charge is 0.342 e. The number of para-hydroxylation sites is 1. The number of carbonyl (C=O) groups excluding carboxylic acids is 2. The average molecular weight is 565 g/mol. The molecule has 0 aliphatic heterocycles. The number of amides is 1. The second-order valence-electron chi connectivity index (χ2n) is 10.1. The number of esters is 1. The van der Waals surface area contributed by atoms with Gasteiger partial charge in [0.25, 0.3) is 5.91 Å². The van der Waals surface area contributed by atoms with Gasteiger partial charge in [-0.2, -0.15) is 0 Å². The van der Waals surface area contributed by atoms with Gasteiger partial charge in [-0.1, -0.05) is 48.5 Å². The third-order valence-corrected chi connectivity index (χ3v) is 7.68. The van der Waals surface area contributed by atoms with E-state index in [0.717, 1.165) is 33.6 Å². The fourth-order valence-electron chi connectivity index (χ4n) is 4.64. The Hall–Kier alpha value is -4.49.